The molecule has 2 N–H and O–H groups in total. The van der Waals surface area contributed by atoms with Crippen molar-refractivity contribution in [2.75, 3.05) is 5.32 Å². The van der Waals surface area contributed by atoms with Crippen molar-refractivity contribution in [3.8, 4) is 0 Å². The van der Waals surface area contributed by atoms with Crippen LogP contribution in [0.4, 0.5) is 10.5 Å². The van der Waals surface area contributed by atoms with E-state index < -0.39 is 11.9 Å². The van der Waals surface area contributed by atoms with Crippen LogP contribution in [0.25, 0.3) is 0 Å². The molecule has 0 atom stereocenters. The highest BCUT2D eigenvalue weighted by atomic mass is 35.5. The summed E-state index contributed by atoms with van der Waals surface area (Å²) in [5.74, 6) is -0.697. The first-order chi connectivity index (χ1) is 13.8. The fourth-order valence-corrected chi connectivity index (χ4v) is 3.91. The average Bonchev–Trinajstić information content (AvgIpc) is 2.65. The molecule has 9 heteroatoms. The van der Waals surface area contributed by atoms with Crippen molar-refractivity contribution in [3.05, 3.63) is 80.9 Å². The van der Waals surface area contributed by atoms with Crippen molar-refractivity contribution in [3.63, 3.8) is 0 Å². The van der Waals surface area contributed by atoms with Crippen LogP contribution in [-0.2, 0) is 0 Å². The molecule has 29 heavy (non-hydrogen) atoms. The quantitative estimate of drug-likeness (QED) is 0.462. The number of halogens is 3. The standard InChI is InChI=1S/C20H14Cl3N3O2S/c1-11-9-13(10-24-19(11)29-14-7-5-12(21)6-8-14)25-20(28)26-18(27)17-15(22)3-2-4-16(17)23/h2-10H,1H3,(H2,25,26,27,28). The van der Waals surface area contributed by atoms with Crippen LogP contribution in [0.1, 0.15) is 15.9 Å². The molecule has 3 rings (SSSR count). The Hall–Kier alpha value is -2.25. The first-order valence-corrected chi connectivity index (χ1v) is 10.2. The van der Waals surface area contributed by atoms with Crippen molar-refractivity contribution >= 4 is 64.2 Å². The highest BCUT2D eigenvalue weighted by Crippen LogP contribution is 2.30. The van der Waals surface area contributed by atoms with Gasteiger partial charge in [-0.2, -0.15) is 0 Å². The highest BCUT2D eigenvalue weighted by Gasteiger charge is 2.17. The van der Waals surface area contributed by atoms with Gasteiger partial charge in [-0.05, 0) is 55.0 Å². The molecule has 2 aromatic carbocycles. The van der Waals surface area contributed by atoms with Crippen LogP contribution in [0.2, 0.25) is 15.1 Å². The number of amides is 3. The molecule has 0 aliphatic carbocycles. The molecule has 0 saturated carbocycles. The first kappa shape index (κ1) is 21.5. The Morgan fingerprint density at radius 1 is 1.00 bits per heavy atom. The van der Waals surface area contributed by atoms with Gasteiger partial charge in [-0.1, -0.05) is 52.6 Å². The molecule has 148 valence electrons. The second-order valence-electron chi connectivity index (χ2n) is 5.91. The molecule has 0 radical (unpaired) electrons. The van der Waals surface area contributed by atoms with E-state index in [1.54, 1.807) is 12.1 Å². The molecule has 3 amide bonds. The van der Waals surface area contributed by atoms with E-state index in [2.05, 4.69) is 15.6 Å². The van der Waals surface area contributed by atoms with Gasteiger partial charge in [0.1, 0.15) is 5.03 Å². The van der Waals surface area contributed by atoms with E-state index in [0.29, 0.717) is 10.7 Å². The highest BCUT2D eigenvalue weighted by molar-refractivity contribution is 7.99. The van der Waals surface area contributed by atoms with Crippen LogP contribution in [0, 0.1) is 6.92 Å². The number of hydrogen-bond acceptors (Lipinski definition) is 4. The fourth-order valence-electron chi connectivity index (χ4n) is 2.39. The number of rotatable bonds is 4. The van der Waals surface area contributed by atoms with Gasteiger partial charge in [-0.25, -0.2) is 9.78 Å². The lowest BCUT2D eigenvalue weighted by atomic mass is 10.2. The van der Waals surface area contributed by atoms with Gasteiger partial charge in [0.05, 0.1) is 27.5 Å². The van der Waals surface area contributed by atoms with Gasteiger partial charge >= 0.3 is 6.03 Å². The van der Waals surface area contributed by atoms with E-state index in [0.717, 1.165) is 15.5 Å². The number of benzene rings is 2. The van der Waals surface area contributed by atoms with Gasteiger partial charge in [0, 0.05) is 9.92 Å². The van der Waals surface area contributed by atoms with Crippen molar-refractivity contribution in [2.45, 2.75) is 16.8 Å². The van der Waals surface area contributed by atoms with E-state index in [-0.39, 0.29) is 15.6 Å². The summed E-state index contributed by atoms with van der Waals surface area (Å²) in [5.41, 5.74) is 1.34. The SMILES string of the molecule is Cc1cc(NC(=O)NC(=O)c2c(Cl)cccc2Cl)cnc1Sc1ccc(Cl)cc1. The van der Waals surface area contributed by atoms with Gasteiger partial charge in [0.15, 0.2) is 0 Å². The zero-order valence-corrected chi connectivity index (χ0v) is 18.1. The van der Waals surface area contributed by atoms with Crippen LogP contribution >= 0.6 is 46.6 Å². The lowest BCUT2D eigenvalue weighted by Gasteiger charge is -2.10. The summed E-state index contributed by atoms with van der Waals surface area (Å²) in [6, 6.07) is 13.1. The lowest BCUT2D eigenvalue weighted by Crippen LogP contribution is -2.34. The molecule has 0 spiro atoms. The molecule has 0 saturated heterocycles. The summed E-state index contributed by atoms with van der Waals surface area (Å²) < 4.78 is 0. The molecule has 0 bridgehead atoms. The van der Waals surface area contributed by atoms with Crippen LogP contribution < -0.4 is 10.6 Å². The van der Waals surface area contributed by atoms with Crippen molar-refractivity contribution in [2.24, 2.45) is 0 Å². The van der Waals surface area contributed by atoms with Crippen LogP contribution in [-0.4, -0.2) is 16.9 Å². The summed E-state index contributed by atoms with van der Waals surface area (Å²) in [6.07, 6.45) is 1.51. The first-order valence-electron chi connectivity index (χ1n) is 8.30. The van der Waals surface area contributed by atoms with Gasteiger partial charge in [0.25, 0.3) is 5.91 Å². The maximum atomic E-state index is 12.3. The maximum absolute atomic E-state index is 12.3. The van der Waals surface area contributed by atoms with Crippen molar-refractivity contribution < 1.29 is 9.59 Å². The predicted molar refractivity (Wildman–Crippen MR) is 117 cm³/mol. The van der Waals surface area contributed by atoms with E-state index >= 15 is 0 Å². The van der Waals surface area contributed by atoms with E-state index in [1.165, 1.54) is 30.1 Å². The summed E-state index contributed by atoms with van der Waals surface area (Å²) >= 11 is 19.3. The number of pyridine rings is 1. The third-order valence-corrected chi connectivity index (χ3v) is 5.74. The lowest BCUT2D eigenvalue weighted by molar-refractivity contribution is 0.0967. The summed E-state index contributed by atoms with van der Waals surface area (Å²) in [6.45, 7) is 1.88. The molecular formula is C20H14Cl3N3O2S. The minimum Gasteiger partial charge on any atom is -0.306 e. The third-order valence-electron chi connectivity index (χ3n) is 3.73. The molecular weight excluding hydrogens is 453 g/mol. The Labute approximate surface area is 186 Å². The van der Waals surface area contributed by atoms with Crippen LogP contribution in [0.5, 0.6) is 0 Å². The smallest absolute Gasteiger partial charge is 0.306 e. The maximum Gasteiger partial charge on any atom is 0.326 e. The number of carbonyl (C=O) groups excluding carboxylic acids is 2. The van der Waals surface area contributed by atoms with E-state index in [1.807, 2.05) is 31.2 Å². The minimum absolute atomic E-state index is 0.0370. The molecule has 0 aliphatic heterocycles. The number of carbonyl (C=O) groups is 2. The van der Waals surface area contributed by atoms with Gasteiger partial charge in [-0.15, -0.1) is 0 Å². The second-order valence-corrected chi connectivity index (χ2v) is 8.22. The Morgan fingerprint density at radius 3 is 2.28 bits per heavy atom. The van der Waals surface area contributed by atoms with Crippen LogP contribution in [0.15, 0.2) is 64.6 Å². The number of imide groups is 1. The molecule has 1 aromatic heterocycles. The van der Waals surface area contributed by atoms with Gasteiger partial charge in [-0.3, -0.25) is 10.1 Å². The minimum atomic E-state index is -0.717. The Balaban J connectivity index is 1.65. The molecule has 0 unspecified atom stereocenters. The molecule has 0 fully saturated rings. The van der Waals surface area contributed by atoms with E-state index in [9.17, 15) is 9.59 Å². The van der Waals surface area contributed by atoms with Gasteiger partial charge in [0.2, 0.25) is 0 Å². The van der Waals surface area contributed by atoms with Crippen molar-refractivity contribution in [1.29, 1.82) is 0 Å². The number of aromatic nitrogens is 1. The summed E-state index contributed by atoms with van der Waals surface area (Å²) in [7, 11) is 0. The zero-order chi connectivity index (χ0) is 21.0. The molecule has 0 aliphatic rings. The number of hydrogen-bond donors (Lipinski definition) is 2. The molecule has 1 heterocycles. The topological polar surface area (TPSA) is 71.1 Å². The fraction of sp³-hybridized carbons (Fsp3) is 0.0500. The second kappa shape index (κ2) is 9.50. The number of nitrogens with one attached hydrogen (secondary N) is 2. The van der Waals surface area contributed by atoms with Crippen molar-refractivity contribution in [1.82, 2.24) is 10.3 Å². The Kier molecular flexibility index (Phi) is 7.03. The van der Waals surface area contributed by atoms with Gasteiger partial charge < -0.3 is 5.32 Å². The summed E-state index contributed by atoms with van der Waals surface area (Å²) in [4.78, 5) is 29.8. The Bertz CT molecular complexity index is 1050. The number of nitrogens with zero attached hydrogens (tertiary/aromatic N) is 1. The van der Waals surface area contributed by atoms with E-state index in [4.69, 9.17) is 34.8 Å². The number of anilines is 1. The molecule has 3 aromatic rings. The molecule has 5 nitrogen and oxygen atoms in total. The monoisotopic (exact) mass is 465 g/mol. The number of urea groups is 1. The number of aryl methyl sites for hydroxylation is 1. The average molecular weight is 467 g/mol. The Morgan fingerprint density at radius 2 is 1.66 bits per heavy atom. The normalized spacial score (nSPS) is 10.5. The summed E-state index contributed by atoms with van der Waals surface area (Å²) in [5, 5.41) is 6.54. The third kappa shape index (κ3) is 5.64. The zero-order valence-electron chi connectivity index (χ0n) is 15.0. The largest absolute Gasteiger partial charge is 0.326 e. The van der Waals surface area contributed by atoms with Crippen LogP contribution in [0.3, 0.4) is 0 Å². The predicted octanol–water partition coefficient (Wildman–Crippen LogP) is 6.46.